The Hall–Kier alpha value is -2.09. The van der Waals surface area contributed by atoms with Crippen LogP contribution >= 0.6 is 0 Å². The van der Waals surface area contributed by atoms with Crippen molar-refractivity contribution in [3.8, 4) is 0 Å². The normalized spacial score (nSPS) is 12.3. The Morgan fingerprint density at radius 2 is 1.60 bits per heavy atom. The zero-order valence-electron chi connectivity index (χ0n) is 9.81. The Labute approximate surface area is 112 Å². The molecule has 1 N–H and O–H groups in total. The standard InChI is InChI=1S/C12H8F3NO3S/c13-12(14,15)20(18,19)16-11(17)10-6-5-8-3-1-2-4-9(8)7-10/h1-7H,(H,16,17). The Morgan fingerprint density at radius 3 is 2.20 bits per heavy atom. The van der Waals surface area contributed by atoms with Crippen molar-refractivity contribution in [1.82, 2.24) is 4.72 Å². The summed E-state index contributed by atoms with van der Waals surface area (Å²) in [6.45, 7) is 0. The van der Waals surface area contributed by atoms with Crippen LogP contribution in [0.1, 0.15) is 10.4 Å². The van der Waals surface area contributed by atoms with E-state index < -0.39 is 21.4 Å². The minimum absolute atomic E-state index is 0.170. The maximum absolute atomic E-state index is 12.2. The molecule has 2 aromatic carbocycles. The third kappa shape index (κ3) is 2.74. The average molecular weight is 303 g/mol. The van der Waals surface area contributed by atoms with E-state index in [2.05, 4.69) is 0 Å². The molecular weight excluding hydrogens is 295 g/mol. The van der Waals surface area contributed by atoms with E-state index in [1.165, 1.54) is 18.2 Å². The van der Waals surface area contributed by atoms with Gasteiger partial charge in [-0.05, 0) is 22.9 Å². The van der Waals surface area contributed by atoms with E-state index in [0.717, 1.165) is 10.1 Å². The number of benzene rings is 2. The second kappa shape index (κ2) is 4.78. The van der Waals surface area contributed by atoms with E-state index in [4.69, 9.17) is 0 Å². The van der Waals surface area contributed by atoms with Crippen LogP contribution in [0.3, 0.4) is 0 Å². The number of rotatable bonds is 2. The molecule has 0 aliphatic carbocycles. The highest BCUT2D eigenvalue weighted by molar-refractivity contribution is 7.90. The fourth-order valence-electron chi connectivity index (χ4n) is 1.57. The average Bonchev–Trinajstić information content (AvgIpc) is 2.36. The summed E-state index contributed by atoms with van der Waals surface area (Å²) in [6.07, 6.45) is 0. The molecule has 106 valence electrons. The lowest BCUT2D eigenvalue weighted by Crippen LogP contribution is -2.40. The van der Waals surface area contributed by atoms with Gasteiger partial charge in [-0.25, -0.2) is 4.72 Å². The quantitative estimate of drug-likeness (QED) is 0.926. The smallest absolute Gasteiger partial charge is 0.268 e. The summed E-state index contributed by atoms with van der Waals surface area (Å²) >= 11 is 0. The topological polar surface area (TPSA) is 63.2 Å². The van der Waals surface area contributed by atoms with E-state index in [1.54, 1.807) is 24.3 Å². The number of fused-ring (bicyclic) bond motifs is 1. The largest absolute Gasteiger partial charge is 0.516 e. The Bertz CT molecular complexity index is 769. The SMILES string of the molecule is O=C(NS(=O)(=O)C(F)(F)F)c1ccc2ccccc2c1. The number of hydrogen-bond acceptors (Lipinski definition) is 3. The summed E-state index contributed by atoms with van der Waals surface area (Å²) in [7, 11) is -5.70. The summed E-state index contributed by atoms with van der Waals surface area (Å²) in [5.41, 5.74) is -5.70. The Balaban J connectivity index is 2.33. The summed E-state index contributed by atoms with van der Waals surface area (Å²) in [4.78, 5) is 11.6. The lowest BCUT2D eigenvalue weighted by Gasteiger charge is -2.09. The third-order valence-corrected chi connectivity index (χ3v) is 3.61. The molecule has 0 spiro atoms. The van der Waals surface area contributed by atoms with Crippen LogP contribution in [0.2, 0.25) is 0 Å². The van der Waals surface area contributed by atoms with Crippen LogP contribution < -0.4 is 4.72 Å². The highest BCUT2D eigenvalue weighted by Gasteiger charge is 2.47. The highest BCUT2D eigenvalue weighted by atomic mass is 32.2. The van der Waals surface area contributed by atoms with E-state index in [0.29, 0.717) is 5.39 Å². The molecule has 2 rings (SSSR count). The van der Waals surface area contributed by atoms with Crippen LogP contribution in [0, 0.1) is 0 Å². The first-order valence-corrected chi connectivity index (χ1v) is 6.81. The van der Waals surface area contributed by atoms with E-state index >= 15 is 0 Å². The minimum atomic E-state index is -5.70. The summed E-state index contributed by atoms with van der Waals surface area (Å²) in [6, 6.07) is 10.9. The first kappa shape index (κ1) is 14.3. The van der Waals surface area contributed by atoms with Gasteiger partial charge in [0.2, 0.25) is 0 Å². The zero-order valence-corrected chi connectivity index (χ0v) is 10.6. The van der Waals surface area contributed by atoms with Crippen molar-refractivity contribution in [3.63, 3.8) is 0 Å². The van der Waals surface area contributed by atoms with Crippen LogP contribution in [0.4, 0.5) is 13.2 Å². The van der Waals surface area contributed by atoms with Crippen molar-refractivity contribution in [3.05, 3.63) is 48.0 Å². The number of nitrogens with one attached hydrogen (secondary N) is 1. The molecule has 4 nitrogen and oxygen atoms in total. The lowest BCUT2D eigenvalue weighted by atomic mass is 10.1. The van der Waals surface area contributed by atoms with Crippen LogP contribution in [0.15, 0.2) is 42.5 Å². The summed E-state index contributed by atoms with van der Waals surface area (Å²) < 4.78 is 59.1. The van der Waals surface area contributed by atoms with E-state index in [9.17, 15) is 26.4 Å². The molecule has 0 bridgehead atoms. The van der Waals surface area contributed by atoms with Gasteiger partial charge in [-0.1, -0.05) is 30.3 Å². The number of sulfonamides is 1. The fraction of sp³-hybridized carbons (Fsp3) is 0.0833. The molecule has 8 heteroatoms. The minimum Gasteiger partial charge on any atom is -0.268 e. The van der Waals surface area contributed by atoms with Gasteiger partial charge in [0.15, 0.2) is 0 Å². The molecule has 0 saturated carbocycles. The molecule has 0 heterocycles. The van der Waals surface area contributed by atoms with Gasteiger partial charge < -0.3 is 0 Å². The van der Waals surface area contributed by atoms with Gasteiger partial charge in [0.1, 0.15) is 0 Å². The first-order valence-electron chi connectivity index (χ1n) is 5.33. The van der Waals surface area contributed by atoms with Crippen LogP contribution in [0.5, 0.6) is 0 Å². The molecule has 0 unspecified atom stereocenters. The van der Waals surface area contributed by atoms with Gasteiger partial charge in [-0.2, -0.15) is 21.6 Å². The zero-order chi connectivity index (χ0) is 15.0. The predicted octanol–water partition coefficient (Wildman–Crippen LogP) is 2.42. The van der Waals surface area contributed by atoms with Gasteiger partial charge in [0.25, 0.3) is 5.91 Å². The second-order valence-corrected chi connectivity index (χ2v) is 5.62. The van der Waals surface area contributed by atoms with E-state index in [1.807, 2.05) is 0 Å². The van der Waals surface area contributed by atoms with Crippen LogP contribution in [-0.4, -0.2) is 19.8 Å². The molecule has 0 saturated heterocycles. The van der Waals surface area contributed by atoms with Crippen LogP contribution in [0.25, 0.3) is 10.8 Å². The Kier molecular flexibility index (Phi) is 3.43. The van der Waals surface area contributed by atoms with Crippen molar-refractivity contribution in [1.29, 1.82) is 0 Å². The van der Waals surface area contributed by atoms with Crippen LogP contribution in [-0.2, 0) is 10.0 Å². The molecule has 0 aromatic heterocycles. The summed E-state index contributed by atoms with van der Waals surface area (Å²) in [5.74, 6) is -1.33. The lowest BCUT2D eigenvalue weighted by molar-refractivity contribution is -0.0446. The van der Waals surface area contributed by atoms with E-state index in [-0.39, 0.29) is 5.56 Å². The van der Waals surface area contributed by atoms with Gasteiger partial charge in [0, 0.05) is 5.56 Å². The number of carbonyl (C=O) groups excluding carboxylic acids is 1. The van der Waals surface area contributed by atoms with Crippen molar-refractivity contribution in [2.45, 2.75) is 5.51 Å². The molecule has 0 aliphatic heterocycles. The van der Waals surface area contributed by atoms with Gasteiger partial charge in [-0.15, -0.1) is 0 Å². The second-order valence-electron chi connectivity index (χ2n) is 3.94. The molecule has 20 heavy (non-hydrogen) atoms. The molecular formula is C12H8F3NO3S. The molecule has 0 fully saturated rings. The monoisotopic (exact) mass is 303 g/mol. The molecule has 1 amide bonds. The number of amides is 1. The third-order valence-electron chi connectivity index (χ3n) is 2.54. The molecule has 2 aromatic rings. The Morgan fingerprint density at radius 1 is 1.00 bits per heavy atom. The van der Waals surface area contributed by atoms with Crippen molar-refractivity contribution < 1.29 is 26.4 Å². The van der Waals surface area contributed by atoms with Gasteiger partial charge in [-0.3, -0.25) is 4.79 Å². The van der Waals surface area contributed by atoms with Gasteiger partial charge in [0.05, 0.1) is 0 Å². The predicted molar refractivity (Wildman–Crippen MR) is 66.4 cm³/mol. The fourth-order valence-corrected chi connectivity index (χ4v) is 2.05. The maximum Gasteiger partial charge on any atom is 0.516 e. The highest BCUT2D eigenvalue weighted by Crippen LogP contribution is 2.22. The molecule has 0 radical (unpaired) electrons. The van der Waals surface area contributed by atoms with Crippen molar-refractivity contribution in [2.75, 3.05) is 0 Å². The number of halogens is 3. The number of alkyl halides is 3. The first-order chi connectivity index (χ1) is 9.21. The molecule has 0 aliphatic rings. The molecule has 0 atom stereocenters. The van der Waals surface area contributed by atoms with Gasteiger partial charge >= 0.3 is 15.5 Å². The van der Waals surface area contributed by atoms with Crippen molar-refractivity contribution in [2.24, 2.45) is 0 Å². The number of hydrogen-bond donors (Lipinski definition) is 1. The number of carbonyl (C=O) groups is 1. The summed E-state index contributed by atoms with van der Waals surface area (Å²) in [5, 5.41) is 1.40. The van der Waals surface area contributed by atoms with Crippen molar-refractivity contribution >= 4 is 26.7 Å². The maximum atomic E-state index is 12.2.